The van der Waals surface area contributed by atoms with Crippen molar-refractivity contribution in [2.45, 2.75) is 59.8 Å². The first-order chi connectivity index (χ1) is 19.3. The zero-order valence-corrected chi connectivity index (χ0v) is 22.6. The van der Waals surface area contributed by atoms with Crippen molar-refractivity contribution in [3.63, 3.8) is 0 Å². The van der Waals surface area contributed by atoms with Crippen LogP contribution in [0.4, 0.5) is 30.7 Å². The number of carboxylic acid groups (broad SMARTS) is 1. The van der Waals surface area contributed by atoms with E-state index in [0.717, 1.165) is 24.3 Å². The van der Waals surface area contributed by atoms with E-state index in [2.05, 4.69) is 0 Å². The van der Waals surface area contributed by atoms with Crippen LogP contribution in [0.15, 0.2) is 53.4 Å². The molecule has 230 valence electrons. The van der Waals surface area contributed by atoms with E-state index in [-0.39, 0.29) is 67.0 Å². The van der Waals surface area contributed by atoms with E-state index >= 15 is 0 Å². The number of benzene rings is 2. The molecule has 1 atom stereocenters. The Hall–Kier alpha value is -3.36. The van der Waals surface area contributed by atoms with E-state index in [9.17, 15) is 59.0 Å². The number of phenolic OH excluding ortho intramolecular Hbond substituents is 1. The molecule has 2 fully saturated rings. The molecular weight excluding hydrogens is 599 g/mol. The van der Waals surface area contributed by atoms with Crippen LogP contribution < -0.4 is 0 Å². The van der Waals surface area contributed by atoms with E-state index < -0.39 is 68.4 Å². The predicted molar refractivity (Wildman–Crippen MR) is 133 cm³/mol. The number of alkyl halides is 7. The van der Waals surface area contributed by atoms with Crippen LogP contribution in [-0.4, -0.2) is 60.8 Å². The molecule has 1 amide bonds. The van der Waals surface area contributed by atoms with Gasteiger partial charge < -0.3 is 15.1 Å². The normalized spacial score (nSPS) is 24.0. The Balaban J connectivity index is 1.74. The van der Waals surface area contributed by atoms with Gasteiger partial charge in [0.25, 0.3) is 0 Å². The third kappa shape index (κ3) is 5.20. The van der Waals surface area contributed by atoms with E-state index in [4.69, 9.17) is 0 Å². The minimum Gasteiger partial charge on any atom is -0.508 e. The second-order valence-corrected chi connectivity index (χ2v) is 12.9. The van der Waals surface area contributed by atoms with Gasteiger partial charge in [0.1, 0.15) is 10.5 Å². The van der Waals surface area contributed by atoms with Gasteiger partial charge in [-0.1, -0.05) is 24.3 Å². The predicted octanol–water partition coefficient (Wildman–Crippen LogP) is 5.47. The van der Waals surface area contributed by atoms with Gasteiger partial charge in [-0.3, -0.25) is 9.59 Å². The number of rotatable bonds is 6. The average molecular weight is 626 g/mol. The molecule has 2 aromatic carbocycles. The maximum Gasteiger partial charge on any atom is 0.435 e. The summed E-state index contributed by atoms with van der Waals surface area (Å²) in [7, 11) is -4.51. The first-order valence-corrected chi connectivity index (χ1v) is 14.3. The highest BCUT2D eigenvalue weighted by Gasteiger charge is 2.73. The maximum absolute atomic E-state index is 14.6. The van der Waals surface area contributed by atoms with Gasteiger partial charge in [-0.05, 0) is 61.9 Å². The molecule has 2 N–H and O–H groups in total. The number of carboxylic acids is 1. The van der Waals surface area contributed by atoms with E-state index in [1.54, 1.807) is 0 Å². The van der Waals surface area contributed by atoms with Crippen molar-refractivity contribution in [3.05, 3.63) is 59.7 Å². The highest BCUT2D eigenvalue weighted by atomic mass is 32.2. The number of likely N-dealkylation sites (tertiary alicyclic amines) is 1. The van der Waals surface area contributed by atoms with Gasteiger partial charge in [0.05, 0.1) is 10.8 Å². The molecule has 0 spiro atoms. The molecule has 0 bridgehead atoms. The summed E-state index contributed by atoms with van der Waals surface area (Å²) in [6.45, 7) is -0.637. The second kappa shape index (κ2) is 10.7. The van der Waals surface area contributed by atoms with Gasteiger partial charge in [-0.15, -0.1) is 0 Å². The van der Waals surface area contributed by atoms with Crippen molar-refractivity contribution in [2.75, 3.05) is 13.1 Å². The zero-order chi connectivity index (χ0) is 31.3. The number of hydrogen-bond donors (Lipinski definition) is 2. The molecule has 1 aliphatic carbocycles. The van der Waals surface area contributed by atoms with Crippen LogP contribution in [0, 0.1) is 11.8 Å². The number of phenols is 1. The summed E-state index contributed by atoms with van der Waals surface area (Å²) in [6, 6.07) is 6.14. The molecule has 15 heteroatoms. The Morgan fingerprint density at radius 3 is 1.79 bits per heavy atom. The monoisotopic (exact) mass is 625 g/mol. The molecule has 0 radical (unpaired) electrons. The highest BCUT2D eigenvalue weighted by Crippen LogP contribution is 2.54. The standard InChI is InChI=1S/C27H26F7NO6S/c28-25(26(29,30)31,27(32,33)34)19-7-5-18(6-8-19)24(42(40,41)21-11-9-20(36)10-12-21)13-14-35(15-24)22(37)16-1-3-17(4-2-16)23(38)39/h5-12,16-17,36H,1-4,13-15H2,(H,38,39)/t16?,17?,24-/m0/s1. The molecule has 2 aromatic rings. The summed E-state index contributed by atoms with van der Waals surface area (Å²) < 4.78 is 120. The number of aliphatic carboxylic acids is 1. The smallest absolute Gasteiger partial charge is 0.435 e. The lowest BCUT2D eigenvalue weighted by Gasteiger charge is -2.33. The molecule has 1 saturated heterocycles. The Morgan fingerprint density at radius 1 is 0.810 bits per heavy atom. The van der Waals surface area contributed by atoms with Crippen LogP contribution in [-0.2, 0) is 29.8 Å². The number of amides is 1. The Kier molecular flexibility index (Phi) is 8.06. The van der Waals surface area contributed by atoms with Gasteiger partial charge in [-0.2, -0.15) is 26.3 Å². The van der Waals surface area contributed by atoms with Crippen LogP contribution in [0.2, 0.25) is 0 Å². The summed E-state index contributed by atoms with van der Waals surface area (Å²) in [5, 5.41) is 18.8. The number of sulfone groups is 1. The molecule has 1 heterocycles. The van der Waals surface area contributed by atoms with Crippen LogP contribution in [0.3, 0.4) is 0 Å². The van der Waals surface area contributed by atoms with Gasteiger partial charge in [-0.25, -0.2) is 12.8 Å². The Bertz CT molecular complexity index is 1420. The minimum atomic E-state index is -6.36. The largest absolute Gasteiger partial charge is 0.508 e. The van der Waals surface area contributed by atoms with Crippen molar-refractivity contribution in [2.24, 2.45) is 11.8 Å². The summed E-state index contributed by atoms with van der Waals surface area (Å²) in [5.41, 5.74) is -7.76. The first kappa shape index (κ1) is 31.6. The molecular formula is C27H26F7NO6S. The minimum absolute atomic E-state index is 0.130. The first-order valence-electron chi connectivity index (χ1n) is 12.8. The van der Waals surface area contributed by atoms with Crippen molar-refractivity contribution in [3.8, 4) is 5.75 Å². The van der Waals surface area contributed by atoms with Crippen LogP contribution in [0.5, 0.6) is 5.75 Å². The van der Waals surface area contributed by atoms with E-state index in [1.165, 1.54) is 4.90 Å². The molecule has 1 saturated carbocycles. The average Bonchev–Trinajstić information content (AvgIpc) is 3.39. The van der Waals surface area contributed by atoms with Crippen LogP contribution in [0.1, 0.15) is 43.2 Å². The summed E-state index contributed by atoms with van der Waals surface area (Å²) in [4.78, 5) is 25.5. The fourth-order valence-electron chi connectivity index (χ4n) is 5.77. The molecule has 7 nitrogen and oxygen atoms in total. The topological polar surface area (TPSA) is 112 Å². The fourth-order valence-corrected chi connectivity index (χ4v) is 7.85. The van der Waals surface area contributed by atoms with E-state index in [1.807, 2.05) is 0 Å². The molecule has 0 aromatic heterocycles. The summed E-state index contributed by atoms with van der Waals surface area (Å²) in [6.07, 6.45) is -12.1. The quantitative estimate of drug-likeness (QED) is 0.412. The molecule has 4 rings (SSSR count). The molecule has 0 unspecified atom stereocenters. The van der Waals surface area contributed by atoms with Crippen molar-refractivity contribution < 1.29 is 59.0 Å². The van der Waals surface area contributed by atoms with E-state index in [0.29, 0.717) is 12.1 Å². The lowest BCUT2D eigenvalue weighted by atomic mass is 9.81. The molecule has 1 aliphatic heterocycles. The highest BCUT2D eigenvalue weighted by molar-refractivity contribution is 7.92. The Morgan fingerprint density at radius 2 is 1.31 bits per heavy atom. The van der Waals surface area contributed by atoms with Gasteiger partial charge in [0, 0.05) is 24.6 Å². The van der Waals surface area contributed by atoms with Crippen molar-refractivity contribution >= 4 is 21.7 Å². The third-order valence-electron chi connectivity index (χ3n) is 8.22. The zero-order valence-electron chi connectivity index (χ0n) is 21.8. The van der Waals surface area contributed by atoms with Crippen molar-refractivity contribution in [1.29, 1.82) is 0 Å². The number of nitrogens with zero attached hydrogens (tertiary/aromatic N) is 1. The van der Waals surface area contributed by atoms with Gasteiger partial charge in [0.2, 0.25) is 5.91 Å². The Labute approximate surface area is 235 Å². The summed E-state index contributed by atoms with van der Waals surface area (Å²) in [5.74, 6) is -2.92. The summed E-state index contributed by atoms with van der Waals surface area (Å²) >= 11 is 0. The van der Waals surface area contributed by atoms with Crippen LogP contribution >= 0.6 is 0 Å². The van der Waals surface area contributed by atoms with Crippen molar-refractivity contribution in [1.82, 2.24) is 4.90 Å². The number of halogens is 7. The molecule has 2 aliphatic rings. The van der Waals surface area contributed by atoms with Crippen LogP contribution in [0.25, 0.3) is 0 Å². The second-order valence-electron chi connectivity index (χ2n) is 10.6. The lowest BCUT2D eigenvalue weighted by Crippen LogP contribution is -2.50. The third-order valence-corrected chi connectivity index (χ3v) is 10.7. The van der Waals surface area contributed by atoms with Gasteiger partial charge in [0.15, 0.2) is 9.84 Å². The SMILES string of the molecule is O=C(O)C1CCC(C(=O)N2CC[C@](c3ccc(C(F)(C(F)(F)F)C(F)(F)F)cc3)(S(=O)(=O)c3ccc(O)cc3)C2)CC1. The number of aromatic hydroxyl groups is 1. The fraction of sp³-hybridized carbons (Fsp3) is 0.481. The number of carbonyl (C=O) groups excluding carboxylic acids is 1. The maximum atomic E-state index is 14.6. The number of hydrogen-bond acceptors (Lipinski definition) is 5. The molecule has 42 heavy (non-hydrogen) atoms. The van der Waals surface area contributed by atoms with Gasteiger partial charge >= 0.3 is 24.0 Å². The lowest BCUT2D eigenvalue weighted by molar-refractivity contribution is -0.348. The number of carbonyl (C=O) groups is 2.